The quantitative estimate of drug-likeness (QED) is 0.187. The van der Waals surface area contributed by atoms with Crippen LogP contribution in [0.5, 0.6) is 11.5 Å². The molecule has 9 heteroatoms. The lowest BCUT2D eigenvalue weighted by Crippen LogP contribution is -2.38. The molecule has 0 aliphatic rings. The standard InChI is InChI=1S/C29H32BrN3O5/c1-5-6-7-10-15-32(29(35)24-14-11-16-38-24)19(2)27-31-22-13-9-8-12-21(22)28(34)33(27)23-17-20(36-3)18-25(37-4)26(23)30/h8-9,11-14,16-19H,5-7,10,15H2,1-4H3. The average Bonchev–Trinajstić information content (AvgIpc) is 3.48. The maximum absolute atomic E-state index is 14.0. The van der Waals surface area contributed by atoms with Crippen LogP contribution < -0.4 is 15.0 Å². The van der Waals surface area contributed by atoms with Crippen LogP contribution in [0.15, 0.2) is 68.5 Å². The normalized spacial score (nSPS) is 11.9. The number of carbonyl (C=O) groups excluding carboxylic acids is 1. The fourth-order valence-electron chi connectivity index (χ4n) is 4.51. The van der Waals surface area contributed by atoms with Gasteiger partial charge in [0.1, 0.15) is 17.3 Å². The number of carbonyl (C=O) groups is 1. The van der Waals surface area contributed by atoms with Crippen molar-refractivity contribution in [1.82, 2.24) is 14.5 Å². The molecule has 200 valence electrons. The molecule has 0 radical (unpaired) electrons. The van der Waals surface area contributed by atoms with Gasteiger partial charge in [-0.1, -0.05) is 38.3 Å². The number of para-hydroxylation sites is 1. The van der Waals surface area contributed by atoms with E-state index in [4.69, 9.17) is 18.9 Å². The van der Waals surface area contributed by atoms with E-state index in [2.05, 4.69) is 22.9 Å². The van der Waals surface area contributed by atoms with Crippen LogP contribution in [0.2, 0.25) is 0 Å². The largest absolute Gasteiger partial charge is 0.497 e. The second-order valence-electron chi connectivity index (χ2n) is 9.00. The predicted molar refractivity (Wildman–Crippen MR) is 150 cm³/mol. The molecule has 2 aromatic carbocycles. The zero-order valence-corrected chi connectivity index (χ0v) is 23.7. The minimum absolute atomic E-state index is 0.242. The fraction of sp³-hybridized carbons (Fsp3) is 0.345. The van der Waals surface area contributed by atoms with Crippen LogP contribution >= 0.6 is 15.9 Å². The first-order valence-corrected chi connectivity index (χ1v) is 13.5. The van der Waals surface area contributed by atoms with Crippen LogP contribution in [-0.2, 0) is 0 Å². The minimum Gasteiger partial charge on any atom is -0.497 e. The number of nitrogens with zero attached hydrogens (tertiary/aromatic N) is 3. The van der Waals surface area contributed by atoms with Crippen molar-refractivity contribution in [2.24, 2.45) is 0 Å². The maximum atomic E-state index is 14.0. The summed E-state index contributed by atoms with van der Waals surface area (Å²) in [4.78, 5) is 34.3. The second-order valence-corrected chi connectivity index (χ2v) is 9.80. The molecule has 0 aliphatic carbocycles. The molecule has 1 unspecified atom stereocenters. The third kappa shape index (κ3) is 5.48. The van der Waals surface area contributed by atoms with Crippen molar-refractivity contribution in [3.8, 4) is 17.2 Å². The lowest BCUT2D eigenvalue weighted by Gasteiger charge is -2.30. The smallest absolute Gasteiger partial charge is 0.290 e. The lowest BCUT2D eigenvalue weighted by atomic mass is 10.1. The lowest BCUT2D eigenvalue weighted by molar-refractivity contribution is 0.0644. The topological polar surface area (TPSA) is 86.8 Å². The Morgan fingerprint density at radius 1 is 1.11 bits per heavy atom. The van der Waals surface area contributed by atoms with E-state index in [1.54, 1.807) is 61.6 Å². The van der Waals surface area contributed by atoms with Gasteiger partial charge in [0.2, 0.25) is 0 Å². The van der Waals surface area contributed by atoms with Gasteiger partial charge in [0.15, 0.2) is 5.76 Å². The number of hydrogen-bond donors (Lipinski definition) is 0. The predicted octanol–water partition coefficient (Wildman–Crippen LogP) is 6.54. The summed E-state index contributed by atoms with van der Waals surface area (Å²) >= 11 is 3.62. The molecule has 0 spiro atoms. The van der Waals surface area contributed by atoms with Crippen LogP contribution in [0.4, 0.5) is 0 Å². The van der Waals surface area contributed by atoms with Gasteiger partial charge in [-0.25, -0.2) is 4.98 Å². The zero-order chi connectivity index (χ0) is 27.2. The molecule has 0 bridgehead atoms. The third-order valence-corrected chi connectivity index (χ3v) is 7.38. The monoisotopic (exact) mass is 581 g/mol. The summed E-state index contributed by atoms with van der Waals surface area (Å²) in [5, 5.41) is 0.462. The summed E-state index contributed by atoms with van der Waals surface area (Å²) in [6.07, 6.45) is 5.45. The summed E-state index contributed by atoms with van der Waals surface area (Å²) in [5.41, 5.74) is 0.797. The van der Waals surface area contributed by atoms with Crippen molar-refractivity contribution in [3.63, 3.8) is 0 Å². The van der Waals surface area contributed by atoms with Gasteiger partial charge < -0.3 is 18.8 Å². The van der Waals surface area contributed by atoms with Crippen LogP contribution in [-0.4, -0.2) is 41.1 Å². The second kappa shape index (κ2) is 12.3. The SMILES string of the molecule is CCCCCCN(C(=O)c1ccco1)C(C)c1nc2ccccc2c(=O)n1-c1cc(OC)cc(OC)c1Br. The summed E-state index contributed by atoms with van der Waals surface area (Å²) in [5.74, 6) is 1.42. The minimum atomic E-state index is -0.560. The highest BCUT2D eigenvalue weighted by Crippen LogP contribution is 2.37. The molecule has 0 fully saturated rings. The number of benzene rings is 2. The molecule has 4 aromatic rings. The first-order chi connectivity index (χ1) is 18.4. The molecule has 4 rings (SSSR count). The van der Waals surface area contributed by atoms with E-state index in [1.165, 1.54) is 10.8 Å². The van der Waals surface area contributed by atoms with Gasteiger partial charge in [-0.15, -0.1) is 0 Å². The van der Waals surface area contributed by atoms with Gasteiger partial charge in [0, 0.05) is 18.7 Å². The van der Waals surface area contributed by atoms with Crippen molar-refractivity contribution in [3.05, 3.63) is 81.2 Å². The van der Waals surface area contributed by atoms with Gasteiger partial charge in [-0.3, -0.25) is 14.2 Å². The first-order valence-electron chi connectivity index (χ1n) is 12.7. The van der Waals surface area contributed by atoms with E-state index in [1.807, 2.05) is 13.0 Å². The van der Waals surface area contributed by atoms with E-state index in [0.29, 0.717) is 44.9 Å². The fourth-order valence-corrected chi connectivity index (χ4v) is 5.08. The molecular weight excluding hydrogens is 550 g/mol. The number of aromatic nitrogens is 2. The van der Waals surface area contributed by atoms with Gasteiger partial charge in [0.25, 0.3) is 11.5 Å². The summed E-state index contributed by atoms with van der Waals surface area (Å²) in [6, 6.07) is 13.5. The zero-order valence-electron chi connectivity index (χ0n) is 22.1. The highest BCUT2D eigenvalue weighted by atomic mass is 79.9. The summed E-state index contributed by atoms with van der Waals surface area (Å²) in [7, 11) is 3.10. The number of unbranched alkanes of at least 4 members (excludes halogenated alkanes) is 3. The molecular formula is C29H32BrN3O5. The molecule has 2 heterocycles. The van der Waals surface area contributed by atoms with Crippen molar-refractivity contribution >= 4 is 32.7 Å². The number of ether oxygens (including phenoxy) is 2. The number of rotatable bonds is 11. The molecule has 0 saturated carbocycles. The van der Waals surface area contributed by atoms with Gasteiger partial charge in [-0.05, 0) is 53.5 Å². The van der Waals surface area contributed by atoms with E-state index in [0.717, 1.165) is 25.7 Å². The van der Waals surface area contributed by atoms with Crippen LogP contribution in [0.1, 0.15) is 62.0 Å². The van der Waals surface area contributed by atoms with Crippen molar-refractivity contribution in [2.45, 2.75) is 45.6 Å². The summed E-state index contributed by atoms with van der Waals surface area (Å²) < 4.78 is 18.6. The van der Waals surface area contributed by atoms with Crippen LogP contribution in [0.3, 0.4) is 0 Å². The Hall–Kier alpha value is -3.59. The average molecular weight is 582 g/mol. The van der Waals surface area contributed by atoms with Gasteiger partial charge >= 0.3 is 0 Å². The van der Waals surface area contributed by atoms with Gasteiger partial charge in [-0.2, -0.15) is 0 Å². The Morgan fingerprint density at radius 3 is 2.58 bits per heavy atom. The maximum Gasteiger partial charge on any atom is 0.290 e. The number of fused-ring (bicyclic) bond motifs is 1. The van der Waals surface area contributed by atoms with E-state index in [9.17, 15) is 9.59 Å². The molecule has 1 atom stereocenters. The Kier molecular flexibility index (Phi) is 8.89. The van der Waals surface area contributed by atoms with E-state index < -0.39 is 6.04 Å². The third-order valence-electron chi connectivity index (χ3n) is 6.58. The first kappa shape index (κ1) is 27.4. The molecule has 1 amide bonds. The molecule has 0 aliphatic heterocycles. The Balaban J connectivity index is 1.94. The number of amides is 1. The van der Waals surface area contributed by atoms with Crippen molar-refractivity contribution < 1.29 is 18.7 Å². The Morgan fingerprint density at radius 2 is 1.89 bits per heavy atom. The van der Waals surface area contributed by atoms with Crippen molar-refractivity contribution in [2.75, 3.05) is 20.8 Å². The van der Waals surface area contributed by atoms with Crippen molar-refractivity contribution in [1.29, 1.82) is 0 Å². The van der Waals surface area contributed by atoms with E-state index in [-0.39, 0.29) is 17.2 Å². The van der Waals surface area contributed by atoms with Gasteiger partial charge in [0.05, 0.1) is 47.6 Å². The Bertz CT molecular complexity index is 1470. The molecule has 38 heavy (non-hydrogen) atoms. The highest BCUT2D eigenvalue weighted by Gasteiger charge is 2.29. The number of furan rings is 1. The highest BCUT2D eigenvalue weighted by molar-refractivity contribution is 9.10. The number of halogens is 1. The molecule has 0 saturated heterocycles. The molecule has 8 nitrogen and oxygen atoms in total. The number of methoxy groups -OCH3 is 2. The van der Waals surface area contributed by atoms with E-state index >= 15 is 0 Å². The molecule has 2 aromatic heterocycles. The Labute approximate surface area is 230 Å². The van der Waals surface area contributed by atoms with Crippen LogP contribution in [0, 0.1) is 0 Å². The molecule has 0 N–H and O–H groups in total. The number of hydrogen-bond acceptors (Lipinski definition) is 6. The summed E-state index contributed by atoms with van der Waals surface area (Å²) in [6.45, 7) is 4.53. The van der Waals surface area contributed by atoms with Crippen LogP contribution in [0.25, 0.3) is 16.6 Å².